The van der Waals surface area contributed by atoms with Crippen LogP contribution in [0.25, 0.3) is 0 Å². The number of carbonyl (C=O) groups excluding carboxylic acids is 1. The summed E-state index contributed by atoms with van der Waals surface area (Å²) >= 11 is 0. The highest BCUT2D eigenvalue weighted by atomic mass is 32.2. The van der Waals surface area contributed by atoms with E-state index < -0.39 is 10.0 Å². The average Bonchev–Trinajstić information content (AvgIpc) is 3.00. The van der Waals surface area contributed by atoms with Gasteiger partial charge in [-0.05, 0) is 32.1 Å². The topological polar surface area (TPSA) is 66.9 Å². The predicted octanol–water partition coefficient (Wildman–Crippen LogP) is 0.440. The van der Waals surface area contributed by atoms with Crippen LogP contribution in [-0.2, 0) is 19.6 Å². The Kier molecular flexibility index (Phi) is 4.00. The molecule has 3 rings (SSSR count). The largest absolute Gasteiger partial charge is 0.372 e. The average molecular weight is 316 g/mol. The van der Waals surface area contributed by atoms with Gasteiger partial charge >= 0.3 is 0 Å². The lowest BCUT2D eigenvalue weighted by Crippen LogP contribution is -2.66. The summed E-state index contributed by atoms with van der Waals surface area (Å²) in [6.07, 6.45) is 3.54. The minimum Gasteiger partial charge on any atom is -0.372 e. The number of hydrogen-bond acceptors (Lipinski definition) is 4. The number of sulfonamides is 1. The normalized spacial score (nSPS) is 29.3. The summed E-state index contributed by atoms with van der Waals surface area (Å²) in [6, 6.07) is 0. The summed E-state index contributed by atoms with van der Waals surface area (Å²) in [7, 11) is -3.10. The van der Waals surface area contributed by atoms with Gasteiger partial charge in [0.2, 0.25) is 15.9 Å². The molecule has 0 bridgehead atoms. The lowest BCUT2D eigenvalue weighted by atomic mass is 9.80. The van der Waals surface area contributed by atoms with Crippen molar-refractivity contribution in [2.45, 2.75) is 38.2 Å². The molecule has 3 fully saturated rings. The summed E-state index contributed by atoms with van der Waals surface area (Å²) in [6.45, 7) is 5.01. The van der Waals surface area contributed by atoms with Gasteiger partial charge in [-0.15, -0.1) is 0 Å². The van der Waals surface area contributed by atoms with Crippen molar-refractivity contribution < 1.29 is 17.9 Å². The molecule has 0 aromatic heterocycles. The van der Waals surface area contributed by atoms with Crippen molar-refractivity contribution in [3.63, 3.8) is 0 Å². The molecule has 0 N–H and O–H groups in total. The van der Waals surface area contributed by atoms with Crippen LogP contribution in [-0.4, -0.2) is 67.7 Å². The molecule has 0 unspecified atom stereocenters. The van der Waals surface area contributed by atoms with Crippen LogP contribution in [0.4, 0.5) is 0 Å². The van der Waals surface area contributed by atoms with Crippen molar-refractivity contribution in [1.29, 1.82) is 0 Å². The first-order valence-electron chi connectivity index (χ1n) is 7.86. The molecule has 0 aromatic rings. The Morgan fingerprint density at radius 2 is 2.14 bits per heavy atom. The summed E-state index contributed by atoms with van der Waals surface area (Å²) in [5, 5.41) is 0. The fourth-order valence-electron chi connectivity index (χ4n) is 3.72. The van der Waals surface area contributed by atoms with Crippen LogP contribution in [0.1, 0.15) is 32.6 Å². The van der Waals surface area contributed by atoms with Gasteiger partial charge in [0.25, 0.3) is 0 Å². The first-order chi connectivity index (χ1) is 9.97. The molecule has 0 saturated carbocycles. The Morgan fingerprint density at radius 3 is 2.76 bits per heavy atom. The van der Waals surface area contributed by atoms with Gasteiger partial charge in [-0.25, -0.2) is 8.42 Å². The van der Waals surface area contributed by atoms with E-state index in [1.54, 1.807) is 6.92 Å². The molecule has 1 atom stereocenters. The predicted molar refractivity (Wildman–Crippen MR) is 78.3 cm³/mol. The third kappa shape index (κ3) is 2.71. The number of amides is 1. The first-order valence-corrected chi connectivity index (χ1v) is 9.47. The van der Waals surface area contributed by atoms with Gasteiger partial charge in [0.05, 0.1) is 11.4 Å². The summed E-state index contributed by atoms with van der Waals surface area (Å²) in [5.74, 6) is 0.775. The van der Waals surface area contributed by atoms with Crippen molar-refractivity contribution in [2.75, 3.05) is 38.5 Å². The van der Waals surface area contributed by atoms with E-state index in [-0.39, 0.29) is 17.3 Å². The van der Waals surface area contributed by atoms with Crippen LogP contribution in [0.15, 0.2) is 0 Å². The van der Waals surface area contributed by atoms with Gasteiger partial charge < -0.3 is 9.64 Å². The molecule has 0 radical (unpaired) electrons. The van der Waals surface area contributed by atoms with E-state index in [1.165, 1.54) is 4.31 Å². The lowest BCUT2D eigenvalue weighted by Gasteiger charge is -2.49. The second-order valence-electron chi connectivity index (χ2n) is 6.34. The van der Waals surface area contributed by atoms with Crippen LogP contribution < -0.4 is 0 Å². The Labute approximate surface area is 126 Å². The quantitative estimate of drug-likeness (QED) is 0.738. The second-order valence-corrected chi connectivity index (χ2v) is 8.60. The van der Waals surface area contributed by atoms with Crippen LogP contribution >= 0.6 is 0 Å². The highest BCUT2D eigenvalue weighted by Crippen LogP contribution is 2.42. The summed E-state index contributed by atoms with van der Waals surface area (Å²) in [5.41, 5.74) is -0.287. The van der Waals surface area contributed by atoms with Crippen LogP contribution in [0, 0.1) is 5.92 Å². The minimum absolute atomic E-state index is 0.149. The SMILES string of the molecule is CCS(=O)(=O)N1CC2(C1)OCC[C@H]2CCN1CCCC1=O. The van der Waals surface area contributed by atoms with Crippen LogP contribution in [0.2, 0.25) is 0 Å². The summed E-state index contributed by atoms with van der Waals surface area (Å²) in [4.78, 5) is 13.6. The van der Waals surface area contributed by atoms with E-state index in [9.17, 15) is 13.2 Å². The number of carbonyl (C=O) groups is 1. The maximum atomic E-state index is 11.9. The standard InChI is InChI=1S/C14H24N2O4S/c1-2-21(18,19)16-10-14(11-16)12(6-9-20-14)5-8-15-7-3-4-13(15)17/h12H,2-11H2,1H3/t12-/m1/s1. The monoisotopic (exact) mass is 316 g/mol. The van der Waals surface area contributed by atoms with E-state index in [2.05, 4.69) is 0 Å². The molecule has 0 aliphatic carbocycles. The fourth-order valence-corrected chi connectivity index (χ4v) is 4.92. The maximum Gasteiger partial charge on any atom is 0.222 e. The Balaban J connectivity index is 1.56. The van der Waals surface area contributed by atoms with Crippen molar-refractivity contribution in [2.24, 2.45) is 5.92 Å². The van der Waals surface area contributed by atoms with Crippen LogP contribution in [0.5, 0.6) is 0 Å². The smallest absolute Gasteiger partial charge is 0.222 e. The molecule has 3 aliphatic rings. The Hall–Kier alpha value is -0.660. The molecule has 1 amide bonds. The zero-order valence-electron chi connectivity index (χ0n) is 12.6. The van der Waals surface area contributed by atoms with E-state index in [1.807, 2.05) is 4.90 Å². The lowest BCUT2D eigenvalue weighted by molar-refractivity contribution is -0.128. The van der Waals surface area contributed by atoms with E-state index in [4.69, 9.17) is 4.74 Å². The third-order valence-electron chi connectivity index (χ3n) is 5.16. The van der Waals surface area contributed by atoms with Gasteiger partial charge in [-0.3, -0.25) is 4.79 Å². The number of hydrogen-bond donors (Lipinski definition) is 0. The number of rotatable bonds is 5. The van der Waals surface area contributed by atoms with E-state index in [0.29, 0.717) is 32.0 Å². The van der Waals surface area contributed by atoms with Gasteiger partial charge in [0, 0.05) is 39.2 Å². The molecule has 6 nitrogen and oxygen atoms in total. The van der Waals surface area contributed by atoms with Gasteiger partial charge in [0.15, 0.2) is 0 Å². The number of ether oxygens (including phenoxy) is 1. The van der Waals surface area contributed by atoms with Crippen molar-refractivity contribution in [1.82, 2.24) is 9.21 Å². The molecule has 0 aromatic carbocycles. The molecular weight excluding hydrogens is 292 g/mol. The van der Waals surface area contributed by atoms with E-state index >= 15 is 0 Å². The molecule has 120 valence electrons. The Morgan fingerprint density at radius 1 is 1.38 bits per heavy atom. The van der Waals surface area contributed by atoms with Crippen LogP contribution in [0.3, 0.4) is 0 Å². The van der Waals surface area contributed by atoms with Crippen molar-refractivity contribution >= 4 is 15.9 Å². The number of nitrogens with zero attached hydrogens (tertiary/aromatic N) is 2. The minimum atomic E-state index is -3.10. The fraction of sp³-hybridized carbons (Fsp3) is 0.929. The van der Waals surface area contributed by atoms with Crippen molar-refractivity contribution in [3.8, 4) is 0 Å². The number of likely N-dealkylation sites (tertiary alicyclic amines) is 1. The van der Waals surface area contributed by atoms with Gasteiger partial charge in [-0.2, -0.15) is 4.31 Å². The molecule has 21 heavy (non-hydrogen) atoms. The zero-order chi connectivity index (χ0) is 15.1. The molecule has 3 heterocycles. The highest BCUT2D eigenvalue weighted by Gasteiger charge is 2.55. The van der Waals surface area contributed by atoms with Crippen molar-refractivity contribution in [3.05, 3.63) is 0 Å². The first kappa shape index (κ1) is 15.2. The van der Waals surface area contributed by atoms with Gasteiger partial charge in [-0.1, -0.05) is 0 Å². The zero-order valence-corrected chi connectivity index (χ0v) is 13.4. The molecular formula is C14H24N2O4S. The highest BCUT2D eigenvalue weighted by molar-refractivity contribution is 7.89. The molecule has 7 heteroatoms. The summed E-state index contributed by atoms with van der Waals surface area (Å²) < 4.78 is 31.1. The maximum absolute atomic E-state index is 11.9. The molecule has 3 aliphatic heterocycles. The van der Waals surface area contributed by atoms with Gasteiger partial charge in [0.1, 0.15) is 0 Å². The second kappa shape index (κ2) is 5.52. The molecule has 1 spiro atoms. The van der Waals surface area contributed by atoms with E-state index in [0.717, 1.165) is 32.4 Å². The third-order valence-corrected chi connectivity index (χ3v) is 6.94. The molecule has 3 saturated heterocycles. The Bertz CT molecular complexity index is 513.